The van der Waals surface area contributed by atoms with E-state index >= 15 is 0 Å². The SMILES string of the molecule is COC(=O)N[C@H](C(=O)N1CCC[C@H]1c1ncc(-c2ccc(-c3ccc4cc(-c5c[nH]c([C@@H]6CCCN6C(=O)[C@H](NC(=O)OC)c6ccccc6)n5)ccc4n3)cc2)[nH]1)C1CCOCC1. The third-order valence-electron chi connectivity index (χ3n) is 12.7. The number of alkyl carbamates (subject to hydrolysis) is 2. The van der Waals surface area contributed by atoms with Crippen LogP contribution in [-0.2, 0) is 23.8 Å². The first-order valence-electron chi connectivity index (χ1n) is 21.8. The first-order valence-corrected chi connectivity index (χ1v) is 21.8. The highest BCUT2D eigenvalue weighted by Crippen LogP contribution is 2.36. The van der Waals surface area contributed by atoms with Crippen molar-refractivity contribution in [2.24, 2.45) is 5.92 Å². The molecule has 3 saturated heterocycles. The zero-order valence-electron chi connectivity index (χ0n) is 35.8. The number of rotatable bonds is 11. The lowest BCUT2D eigenvalue weighted by molar-refractivity contribution is -0.137. The average molecular weight is 866 g/mol. The Labute approximate surface area is 370 Å². The molecule has 3 fully saturated rings. The van der Waals surface area contributed by atoms with Crippen molar-refractivity contribution in [2.75, 3.05) is 40.5 Å². The Morgan fingerprint density at radius 1 is 0.719 bits per heavy atom. The molecule has 3 aromatic carbocycles. The molecule has 0 spiro atoms. The summed E-state index contributed by atoms with van der Waals surface area (Å²) < 4.78 is 15.2. The Morgan fingerprint density at radius 3 is 2.12 bits per heavy atom. The number of carbonyl (C=O) groups excluding carboxylic acids is 4. The van der Waals surface area contributed by atoms with E-state index in [1.54, 1.807) is 11.1 Å². The number of fused-ring (bicyclic) bond motifs is 1. The van der Waals surface area contributed by atoms with Gasteiger partial charge in [-0.3, -0.25) is 9.59 Å². The zero-order valence-corrected chi connectivity index (χ0v) is 35.8. The number of pyridine rings is 1. The number of aromatic amines is 2. The van der Waals surface area contributed by atoms with Crippen LogP contribution in [0.3, 0.4) is 0 Å². The van der Waals surface area contributed by atoms with Crippen molar-refractivity contribution < 1.29 is 33.4 Å². The summed E-state index contributed by atoms with van der Waals surface area (Å²) in [5.41, 5.74) is 6.78. The topological polar surface area (TPSA) is 197 Å². The summed E-state index contributed by atoms with van der Waals surface area (Å²) in [4.78, 5) is 77.6. The molecule has 4 atom stereocenters. The fourth-order valence-electron chi connectivity index (χ4n) is 9.27. The van der Waals surface area contributed by atoms with E-state index < -0.39 is 24.3 Å². The minimum atomic E-state index is -0.890. The maximum absolute atomic E-state index is 14.0. The van der Waals surface area contributed by atoms with Crippen molar-refractivity contribution in [1.29, 1.82) is 0 Å². The predicted molar refractivity (Wildman–Crippen MR) is 237 cm³/mol. The van der Waals surface area contributed by atoms with Gasteiger partial charge in [-0.25, -0.2) is 24.5 Å². The molecule has 330 valence electrons. The molecule has 0 bridgehead atoms. The number of ether oxygens (including phenoxy) is 3. The molecule has 3 aliphatic rings. The highest BCUT2D eigenvalue weighted by atomic mass is 16.5. The van der Waals surface area contributed by atoms with Gasteiger partial charge in [0.1, 0.15) is 23.7 Å². The van der Waals surface area contributed by atoms with Crippen LogP contribution in [-0.4, -0.2) is 105 Å². The van der Waals surface area contributed by atoms with Gasteiger partial charge in [-0.2, -0.15) is 0 Å². The van der Waals surface area contributed by atoms with Crippen LogP contribution in [0.5, 0.6) is 0 Å². The molecule has 6 heterocycles. The third kappa shape index (κ3) is 8.78. The number of imidazole rings is 2. The Bertz CT molecular complexity index is 2620. The van der Waals surface area contributed by atoms with Crippen molar-refractivity contribution in [3.05, 3.63) is 115 Å². The van der Waals surface area contributed by atoms with Crippen molar-refractivity contribution in [3.63, 3.8) is 0 Å². The van der Waals surface area contributed by atoms with Crippen molar-refractivity contribution in [3.8, 4) is 33.8 Å². The minimum absolute atomic E-state index is 0.0347. The second kappa shape index (κ2) is 18.7. The number of nitrogens with zero attached hydrogens (tertiary/aromatic N) is 5. The molecular formula is C48H51N9O7. The standard InChI is InChI=1S/C48H51N9O7/c1-62-47(60)54-41(31-8-4-3-5-9-31)45(58)56-22-7-11-40(56)44-50-28-38(53-44)34-17-19-36-33(26-34)16-18-35(51-36)29-12-14-30(15-13-29)37-27-49-43(52-37)39-10-6-23-57(39)46(59)42(55-48(61)63-2)32-20-24-64-25-21-32/h3-5,8-9,12-19,26-28,32,39-42H,6-7,10-11,20-25H2,1-2H3,(H,49,52)(H,50,53)(H,54,60)(H,55,61)/t39-,40-,41+,42-/m0/s1. The largest absolute Gasteiger partial charge is 0.453 e. The highest BCUT2D eigenvalue weighted by molar-refractivity contribution is 5.89. The summed E-state index contributed by atoms with van der Waals surface area (Å²) in [6, 6.07) is 25.3. The van der Waals surface area contributed by atoms with E-state index in [1.807, 2.05) is 83.9 Å². The number of likely N-dealkylation sites (tertiary alicyclic amines) is 2. The molecule has 4 N–H and O–H groups in total. The van der Waals surface area contributed by atoms with E-state index in [4.69, 9.17) is 29.2 Å². The normalized spacial score (nSPS) is 18.7. The van der Waals surface area contributed by atoms with Crippen molar-refractivity contribution >= 4 is 34.9 Å². The maximum Gasteiger partial charge on any atom is 0.407 e. The summed E-state index contributed by atoms with van der Waals surface area (Å²) in [6.45, 7) is 2.24. The van der Waals surface area contributed by atoms with Gasteiger partial charge >= 0.3 is 12.2 Å². The van der Waals surface area contributed by atoms with Crippen molar-refractivity contribution in [2.45, 2.75) is 62.7 Å². The molecule has 16 heteroatoms. The molecule has 3 aromatic heterocycles. The van der Waals surface area contributed by atoms with Gasteiger partial charge in [0, 0.05) is 49.0 Å². The number of nitrogens with one attached hydrogen (secondary N) is 4. The quantitative estimate of drug-likeness (QED) is 0.103. The molecule has 0 aliphatic carbocycles. The molecule has 0 unspecified atom stereocenters. The number of H-pyrrole nitrogens is 2. The van der Waals surface area contributed by atoms with Gasteiger partial charge in [0.05, 0.1) is 55.1 Å². The maximum atomic E-state index is 14.0. The van der Waals surface area contributed by atoms with E-state index in [0.717, 1.165) is 70.4 Å². The number of methoxy groups -OCH3 is 2. The number of amides is 4. The first kappa shape index (κ1) is 42.2. The molecule has 0 saturated carbocycles. The summed E-state index contributed by atoms with van der Waals surface area (Å²) >= 11 is 0. The molecule has 16 nitrogen and oxygen atoms in total. The fraction of sp³-hybridized carbons (Fsp3) is 0.354. The van der Waals surface area contributed by atoms with Gasteiger partial charge < -0.3 is 44.6 Å². The van der Waals surface area contributed by atoms with Crippen molar-refractivity contribution in [1.82, 2.24) is 45.4 Å². The molecule has 9 rings (SSSR count). The second-order valence-corrected chi connectivity index (χ2v) is 16.5. The first-order chi connectivity index (χ1) is 31.3. The van der Waals surface area contributed by atoms with Crippen LogP contribution in [0.15, 0.2) is 97.3 Å². The number of hydrogen-bond donors (Lipinski definition) is 4. The van der Waals surface area contributed by atoms with Gasteiger partial charge in [0.25, 0.3) is 5.91 Å². The predicted octanol–water partition coefficient (Wildman–Crippen LogP) is 7.26. The van der Waals surface area contributed by atoms with Gasteiger partial charge in [-0.1, -0.05) is 66.7 Å². The zero-order chi connectivity index (χ0) is 44.2. The van der Waals surface area contributed by atoms with E-state index in [9.17, 15) is 19.2 Å². The molecular weight excluding hydrogens is 815 g/mol. The van der Waals surface area contributed by atoms with E-state index in [2.05, 4.69) is 32.7 Å². The Morgan fingerprint density at radius 2 is 1.39 bits per heavy atom. The Kier molecular flexibility index (Phi) is 12.4. The molecule has 64 heavy (non-hydrogen) atoms. The smallest absolute Gasteiger partial charge is 0.407 e. The van der Waals surface area contributed by atoms with Crippen LogP contribution in [0, 0.1) is 5.92 Å². The summed E-state index contributed by atoms with van der Waals surface area (Å²) in [6.07, 6.45) is 6.90. The van der Waals surface area contributed by atoms with Crippen LogP contribution in [0.4, 0.5) is 9.59 Å². The third-order valence-corrected chi connectivity index (χ3v) is 12.7. The summed E-state index contributed by atoms with van der Waals surface area (Å²) in [5.74, 6) is 1.03. The lowest BCUT2D eigenvalue weighted by Gasteiger charge is -2.34. The van der Waals surface area contributed by atoms with E-state index in [1.165, 1.54) is 14.2 Å². The lowest BCUT2D eigenvalue weighted by Crippen LogP contribution is -2.53. The van der Waals surface area contributed by atoms with Crippen LogP contribution in [0.25, 0.3) is 44.7 Å². The second-order valence-electron chi connectivity index (χ2n) is 16.5. The molecule has 6 aromatic rings. The van der Waals surface area contributed by atoms with Crippen LogP contribution in [0.1, 0.15) is 73.9 Å². The van der Waals surface area contributed by atoms with Gasteiger partial charge in [0.15, 0.2) is 0 Å². The molecule has 3 aliphatic heterocycles. The lowest BCUT2D eigenvalue weighted by atomic mass is 9.90. The van der Waals surface area contributed by atoms with Crippen LogP contribution in [0.2, 0.25) is 0 Å². The van der Waals surface area contributed by atoms with Crippen LogP contribution >= 0.6 is 0 Å². The monoisotopic (exact) mass is 865 g/mol. The fourth-order valence-corrected chi connectivity index (χ4v) is 9.27. The molecule has 4 amide bonds. The number of benzene rings is 3. The highest BCUT2D eigenvalue weighted by Gasteiger charge is 2.40. The summed E-state index contributed by atoms with van der Waals surface area (Å²) in [5, 5.41) is 6.49. The van der Waals surface area contributed by atoms with Gasteiger partial charge in [-0.15, -0.1) is 0 Å². The average Bonchev–Trinajstić information content (AvgIpc) is 4.20. The van der Waals surface area contributed by atoms with Gasteiger partial charge in [-0.05, 0) is 73.8 Å². The van der Waals surface area contributed by atoms with E-state index in [-0.39, 0.29) is 29.8 Å². The number of aromatic nitrogens is 5. The number of hydrogen-bond acceptors (Lipinski definition) is 10. The van der Waals surface area contributed by atoms with Gasteiger partial charge in [0.2, 0.25) is 5.91 Å². The Hall–Kier alpha value is -7.07. The van der Waals surface area contributed by atoms with E-state index in [0.29, 0.717) is 56.4 Å². The summed E-state index contributed by atoms with van der Waals surface area (Å²) in [7, 11) is 2.58. The number of carbonyl (C=O) groups is 4. The Balaban J connectivity index is 0.868. The van der Waals surface area contributed by atoms with Crippen LogP contribution < -0.4 is 10.6 Å². The molecule has 0 radical (unpaired) electrons. The minimum Gasteiger partial charge on any atom is -0.453 e.